The van der Waals surface area contributed by atoms with Crippen LogP contribution < -0.4 is 5.32 Å². The molecule has 0 heterocycles. The SMILES string of the molecule is CCC(CC)(CO)CNC(C)CN(C)C. The molecule has 0 aliphatic rings. The Hall–Kier alpha value is -0.120. The van der Waals surface area contributed by atoms with Gasteiger partial charge in [-0.1, -0.05) is 13.8 Å². The van der Waals surface area contributed by atoms with Crippen LogP contribution in [0.15, 0.2) is 0 Å². The van der Waals surface area contributed by atoms with Crippen molar-refractivity contribution in [3.8, 4) is 0 Å². The average Bonchev–Trinajstić information content (AvgIpc) is 2.20. The molecule has 0 amide bonds. The summed E-state index contributed by atoms with van der Waals surface area (Å²) in [5.74, 6) is 0. The first-order valence-electron chi connectivity index (χ1n) is 5.98. The molecule has 0 aliphatic heterocycles. The largest absolute Gasteiger partial charge is 0.396 e. The summed E-state index contributed by atoms with van der Waals surface area (Å²) in [7, 11) is 4.16. The summed E-state index contributed by atoms with van der Waals surface area (Å²) in [6, 6.07) is 0.476. The third kappa shape index (κ3) is 5.50. The fraction of sp³-hybridized carbons (Fsp3) is 1.00. The van der Waals surface area contributed by atoms with Gasteiger partial charge in [-0.05, 0) is 33.9 Å². The molecule has 15 heavy (non-hydrogen) atoms. The number of rotatable bonds is 8. The van der Waals surface area contributed by atoms with Gasteiger partial charge in [0.2, 0.25) is 0 Å². The van der Waals surface area contributed by atoms with Gasteiger partial charge >= 0.3 is 0 Å². The normalized spacial score (nSPS) is 14.6. The maximum atomic E-state index is 9.42. The summed E-state index contributed by atoms with van der Waals surface area (Å²) in [6.07, 6.45) is 2.06. The van der Waals surface area contributed by atoms with Crippen LogP contribution in [0, 0.1) is 5.41 Å². The lowest BCUT2D eigenvalue weighted by Gasteiger charge is -2.31. The molecule has 0 aromatic rings. The number of hydrogen-bond acceptors (Lipinski definition) is 3. The highest BCUT2D eigenvalue weighted by Gasteiger charge is 2.25. The van der Waals surface area contributed by atoms with E-state index < -0.39 is 0 Å². The van der Waals surface area contributed by atoms with Crippen LogP contribution in [-0.2, 0) is 0 Å². The molecule has 1 atom stereocenters. The van der Waals surface area contributed by atoms with E-state index in [0.717, 1.165) is 25.9 Å². The lowest BCUT2D eigenvalue weighted by molar-refractivity contribution is 0.109. The van der Waals surface area contributed by atoms with Gasteiger partial charge in [-0.15, -0.1) is 0 Å². The highest BCUT2D eigenvalue weighted by Crippen LogP contribution is 2.24. The zero-order valence-corrected chi connectivity index (χ0v) is 11.0. The van der Waals surface area contributed by atoms with Crippen molar-refractivity contribution in [2.45, 2.75) is 39.7 Å². The van der Waals surface area contributed by atoms with Crippen molar-refractivity contribution in [1.82, 2.24) is 10.2 Å². The van der Waals surface area contributed by atoms with E-state index in [1.54, 1.807) is 0 Å². The van der Waals surface area contributed by atoms with Crippen LogP contribution in [0.1, 0.15) is 33.6 Å². The summed E-state index contributed by atoms with van der Waals surface area (Å²) >= 11 is 0. The van der Waals surface area contributed by atoms with Crippen molar-refractivity contribution >= 4 is 0 Å². The van der Waals surface area contributed by atoms with Crippen molar-refractivity contribution < 1.29 is 5.11 Å². The van der Waals surface area contributed by atoms with Gasteiger partial charge in [0.15, 0.2) is 0 Å². The fourth-order valence-electron chi connectivity index (χ4n) is 1.78. The second kappa shape index (κ2) is 7.20. The Kier molecular flexibility index (Phi) is 7.14. The lowest BCUT2D eigenvalue weighted by Crippen LogP contribution is -2.43. The van der Waals surface area contributed by atoms with E-state index in [-0.39, 0.29) is 12.0 Å². The van der Waals surface area contributed by atoms with Crippen LogP contribution in [0.4, 0.5) is 0 Å². The van der Waals surface area contributed by atoms with Crippen molar-refractivity contribution in [2.24, 2.45) is 5.41 Å². The molecule has 0 aliphatic carbocycles. The van der Waals surface area contributed by atoms with Crippen LogP contribution in [0.25, 0.3) is 0 Å². The molecule has 0 saturated heterocycles. The summed E-state index contributed by atoms with van der Waals surface area (Å²) in [6.45, 7) is 8.71. The molecule has 2 N–H and O–H groups in total. The third-order valence-electron chi connectivity index (χ3n) is 3.30. The highest BCUT2D eigenvalue weighted by molar-refractivity contribution is 4.80. The van der Waals surface area contributed by atoms with Gasteiger partial charge in [0, 0.05) is 31.2 Å². The Bertz CT molecular complexity index is 147. The Morgan fingerprint density at radius 2 is 1.80 bits per heavy atom. The van der Waals surface area contributed by atoms with E-state index in [9.17, 15) is 5.11 Å². The number of hydrogen-bond donors (Lipinski definition) is 2. The zero-order valence-electron chi connectivity index (χ0n) is 11.0. The van der Waals surface area contributed by atoms with Crippen molar-refractivity contribution in [1.29, 1.82) is 0 Å². The first-order valence-corrected chi connectivity index (χ1v) is 5.98. The van der Waals surface area contributed by atoms with Crippen LogP contribution in [-0.4, -0.2) is 49.8 Å². The molecular formula is C12H28N2O. The minimum atomic E-state index is 0.0700. The number of nitrogens with zero attached hydrogens (tertiary/aromatic N) is 1. The second-order valence-electron chi connectivity index (χ2n) is 4.91. The molecule has 3 heteroatoms. The van der Waals surface area contributed by atoms with Gasteiger partial charge in [0.05, 0.1) is 0 Å². The number of likely N-dealkylation sites (N-methyl/N-ethyl adjacent to an activating group) is 1. The Morgan fingerprint density at radius 3 is 2.13 bits per heavy atom. The van der Waals surface area contributed by atoms with Crippen LogP contribution in [0.3, 0.4) is 0 Å². The Balaban J connectivity index is 3.99. The first-order chi connectivity index (χ1) is 6.99. The van der Waals surface area contributed by atoms with Gasteiger partial charge in [0.1, 0.15) is 0 Å². The predicted molar refractivity (Wildman–Crippen MR) is 66.1 cm³/mol. The molecule has 0 rings (SSSR count). The van der Waals surface area contributed by atoms with E-state index in [4.69, 9.17) is 0 Å². The van der Waals surface area contributed by atoms with Crippen LogP contribution in [0.5, 0.6) is 0 Å². The molecule has 3 nitrogen and oxygen atoms in total. The average molecular weight is 216 g/mol. The Labute approximate surface area is 94.9 Å². The predicted octanol–water partition coefficient (Wildman–Crippen LogP) is 1.32. The lowest BCUT2D eigenvalue weighted by atomic mass is 9.83. The summed E-state index contributed by atoms with van der Waals surface area (Å²) in [5, 5.41) is 12.9. The molecule has 92 valence electrons. The number of aliphatic hydroxyl groups excluding tert-OH is 1. The van der Waals surface area contributed by atoms with Gasteiger partial charge < -0.3 is 15.3 Å². The maximum absolute atomic E-state index is 9.42. The van der Waals surface area contributed by atoms with E-state index in [1.807, 2.05) is 0 Å². The maximum Gasteiger partial charge on any atom is 0.0499 e. The molecule has 1 unspecified atom stereocenters. The zero-order chi connectivity index (χ0) is 11.9. The number of nitrogens with one attached hydrogen (secondary N) is 1. The monoisotopic (exact) mass is 216 g/mol. The summed E-state index contributed by atoms with van der Waals surface area (Å²) in [5.41, 5.74) is 0.0700. The smallest absolute Gasteiger partial charge is 0.0499 e. The minimum absolute atomic E-state index is 0.0700. The molecular weight excluding hydrogens is 188 g/mol. The standard InChI is InChI=1S/C12H28N2O/c1-6-12(7-2,10-15)9-13-11(3)8-14(4)5/h11,13,15H,6-10H2,1-5H3. The van der Waals surface area contributed by atoms with Gasteiger partial charge in [-0.3, -0.25) is 0 Å². The number of aliphatic hydroxyl groups is 1. The first kappa shape index (κ1) is 14.9. The van der Waals surface area contributed by atoms with E-state index in [1.165, 1.54) is 0 Å². The molecule has 0 bridgehead atoms. The van der Waals surface area contributed by atoms with Crippen molar-refractivity contribution in [2.75, 3.05) is 33.8 Å². The quantitative estimate of drug-likeness (QED) is 0.642. The van der Waals surface area contributed by atoms with E-state index in [2.05, 4.69) is 45.1 Å². The summed E-state index contributed by atoms with van der Waals surface area (Å²) < 4.78 is 0. The summed E-state index contributed by atoms with van der Waals surface area (Å²) in [4.78, 5) is 2.18. The van der Waals surface area contributed by atoms with E-state index >= 15 is 0 Å². The van der Waals surface area contributed by atoms with E-state index in [0.29, 0.717) is 6.04 Å². The van der Waals surface area contributed by atoms with Gasteiger partial charge in [-0.2, -0.15) is 0 Å². The van der Waals surface area contributed by atoms with Crippen molar-refractivity contribution in [3.05, 3.63) is 0 Å². The fourth-order valence-corrected chi connectivity index (χ4v) is 1.78. The molecule has 0 radical (unpaired) electrons. The minimum Gasteiger partial charge on any atom is -0.396 e. The topological polar surface area (TPSA) is 35.5 Å². The highest BCUT2D eigenvalue weighted by atomic mass is 16.3. The Morgan fingerprint density at radius 1 is 1.27 bits per heavy atom. The molecule has 0 saturated carbocycles. The van der Waals surface area contributed by atoms with Gasteiger partial charge in [-0.25, -0.2) is 0 Å². The molecule has 0 aromatic heterocycles. The molecule has 0 aromatic carbocycles. The second-order valence-corrected chi connectivity index (χ2v) is 4.91. The van der Waals surface area contributed by atoms with Crippen molar-refractivity contribution in [3.63, 3.8) is 0 Å². The van der Waals surface area contributed by atoms with Crippen LogP contribution >= 0.6 is 0 Å². The molecule has 0 spiro atoms. The molecule has 0 fully saturated rings. The van der Waals surface area contributed by atoms with Crippen LogP contribution in [0.2, 0.25) is 0 Å². The third-order valence-corrected chi connectivity index (χ3v) is 3.30. The van der Waals surface area contributed by atoms with Gasteiger partial charge in [0.25, 0.3) is 0 Å².